The second-order valence-electron chi connectivity index (χ2n) is 6.89. The van der Waals surface area contributed by atoms with Gasteiger partial charge in [-0.25, -0.2) is 0 Å². The summed E-state index contributed by atoms with van der Waals surface area (Å²) in [4.78, 5) is 25.6. The summed E-state index contributed by atoms with van der Waals surface area (Å²) >= 11 is 0. The van der Waals surface area contributed by atoms with Crippen LogP contribution in [0.15, 0.2) is 18.2 Å². The summed E-state index contributed by atoms with van der Waals surface area (Å²) < 4.78 is 39.6. The second-order valence-corrected chi connectivity index (χ2v) is 6.89. The predicted molar refractivity (Wildman–Crippen MR) is 82.8 cm³/mol. The van der Waals surface area contributed by atoms with E-state index in [0.717, 1.165) is 4.90 Å². The molecule has 7 heteroatoms. The number of piperidine rings is 1. The summed E-state index contributed by atoms with van der Waals surface area (Å²) in [6.45, 7) is 3.55. The Balaban J connectivity index is 1.94. The topological polar surface area (TPSA) is 49.4 Å². The van der Waals surface area contributed by atoms with Gasteiger partial charge in [0.25, 0.3) is 5.91 Å². The van der Waals surface area contributed by atoms with Gasteiger partial charge in [-0.15, -0.1) is 0 Å². The Bertz CT molecular complexity index is 698. The average Bonchev–Trinajstić information content (AvgIpc) is 2.75. The van der Waals surface area contributed by atoms with Crippen LogP contribution in [0.2, 0.25) is 0 Å². The molecule has 0 spiro atoms. The molecule has 0 unspecified atom stereocenters. The Hall–Kier alpha value is -2.05. The first-order valence-electron chi connectivity index (χ1n) is 7.96. The molecule has 2 heterocycles. The Kier molecular flexibility index (Phi) is 3.85. The highest BCUT2D eigenvalue weighted by Crippen LogP contribution is 2.38. The predicted octanol–water partition coefficient (Wildman–Crippen LogP) is 3.47. The van der Waals surface area contributed by atoms with Gasteiger partial charge in [-0.3, -0.25) is 9.59 Å². The molecule has 3 rings (SSSR count). The number of benzene rings is 1. The second kappa shape index (κ2) is 5.50. The lowest BCUT2D eigenvalue weighted by molar-refractivity contribution is -0.183. The highest BCUT2D eigenvalue weighted by Gasteiger charge is 2.46. The van der Waals surface area contributed by atoms with E-state index >= 15 is 0 Å². The van der Waals surface area contributed by atoms with Crippen molar-refractivity contribution in [1.82, 2.24) is 4.90 Å². The number of nitrogens with one attached hydrogen (secondary N) is 1. The molecule has 0 bridgehead atoms. The highest BCUT2D eigenvalue weighted by atomic mass is 19.4. The summed E-state index contributed by atoms with van der Waals surface area (Å²) in [5.74, 6) is -0.816. The Labute approximate surface area is 138 Å². The van der Waals surface area contributed by atoms with E-state index < -0.39 is 23.5 Å². The van der Waals surface area contributed by atoms with Crippen molar-refractivity contribution < 1.29 is 22.8 Å². The number of alkyl halides is 3. The van der Waals surface area contributed by atoms with Crippen LogP contribution in [0.3, 0.4) is 0 Å². The van der Waals surface area contributed by atoms with Crippen LogP contribution in [0.4, 0.5) is 18.9 Å². The molecule has 0 aromatic heterocycles. The quantitative estimate of drug-likeness (QED) is 0.851. The zero-order chi connectivity index (χ0) is 17.7. The zero-order valence-electron chi connectivity index (χ0n) is 13.5. The van der Waals surface area contributed by atoms with E-state index in [2.05, 4.69) is 5.32 Å². The normalized spacial score (nSPS) is 23.0. The van der Waals surface area contributed by atoms with Gasteiger partial charge in [0.05, 0.1) is 5.41 Å². The summed E-state index contributed by atoms with van der Waals surface area (Å²) in [7, 11) is 0. The minimum absolute atomic E-state index is 0.0638. The van der Waals surface area contributed by atoms with Gasteiger partial charge in [0, 0.05) is 17.8 Å². The number of likely N-dealkylation sites (tertiary alicyclic amines) is 1. The van der Waals surface area contributed by atoms with Crippen molar-refractivity contribution >= 4 is 17.5 Å². The first-order valence-corrected chi connectivity index (χ1v) is 7.96. The van der Waals surface area contributed by atoms with E-state index in [9.17, 15) is 22.8 Å². The molecule has 1 aromatic rings. The van der Waals surface area contributed by atoms with Crippen LogP contribution in [0, 0.1) is 0 Å². The maximum Gasteiger partial charge on any atom is 0.408 e. The van der Waals surface area contributed by atoms with Gasteiger partial charge in [0.1, 0.15) is 6.04 Å². The van der Waals surface area contributed by atoms with Crippen molar-refractivity contribution in [1.29, 1.82) is 0 Å². The minimum Gasteiger partial charge on any atom is -0.327 e. The zero-order valence-corrected chi connectivity index (χ0v) is 13.5. The number of halogens is 3. The number of carbonyl (C=O) groups is 2. The Morgan fingerprint density at radius 2 is 2.00 bits per heavy atom. The molecule has 1 fully saturated rings. The molecule has 4 nitrogen and oxygen atoms in total. The third kappa shape index (κ3) is 2.65. The van der Waals surface area contributed by atoms with E-state index in [1.165, 1.54) is 12.1 Å². The Morgan fingerprint density at radius 1 is 1.29 bits per heavy atom. The van der Waals surface area contributed by atoms with Crippen molar-refractivity contribution in [2.45, 2.75) is 50.7 Å². The fourth-order valence-electron chi connectivity index (χ4n) is 3.39. The van der Waals surface area contributed by atoms with Crippen LogP contribution in [-0.4, -0.2) is 35.5 Å². The molecule has 130 valence electrons. The molecule has 0 radical (unpaired) electrons. The molecular formula is C17H19F3N2O2. The maximum atomic E-state index is 13.2. The number of carbonyl (C=O) groups excluding carboxylic acids is 2. The fourth-order valence-corrected chi connectivity index (χ4v) is 3.39. The number of nitrogens with zero attached hydrogens (tertiary/aromatic N) is 1. The first-order chi connectivity index (χ1) is 11.1. The molecule has 0 aliphatic carbocycles. The lowest BCUT2D eigenvalue weighted by Crippen LogP contribution is -2.51. The number of fused-ring (bicyclic) bond motifs is 1. The fraction of sp³-hybridized carbons (Fsp3) is 0.529. The molecule has 2 aliphatic heterocycles. The van der Waals surface area contributed by atoms with Gasteiger partial charge in [0.15, 0.2) is 0 Å². The smallest absolute Gasteiger partial charge is 0.327 e. The van der Waals surface area contributed by atoms with Crippen LogP contribution in [0.5, 0.6) is 0 Å². The molecule has 1 N–H and O–H groups in total. The largest absolute Gasteiger partial charge is 0.408 e. The summed E-state index contributed by atoms with van der Waals surface area (Å²) in [5, 5.41) is 2.72. The molecule has 1 saturated heterocycles. The standard InChI is InChI=1S/C17H19F3N2O2/c1-16(2)11-9-10(6-7-12(11)21-15(16)24)14(23)22-8-4-3-5-13(22)17(18,19)20/h6-7,9,13H,3-5,8H2,1-2H3,(H,21,24)/t13-/m0/s1. The lowest BCUT2D eigenvalue weighted by Gasteiger charge is -2.37. The van der Waals surface area contributed by atoms with Gasteiger partial charge in [-0.2, -0.15) is 13.2 Å². The number of hydrogen-bond donors (Lipinski definition) is 1. The van der Waals surface area contributed by atoms with Gasteiger partial charge in [-0.05, 0) is 56.9 Å². The molecular weight excluding hydrogens is 321 g/mol. The summed E-state index contributed by atoms with van der Waals surface area (Å²) in [6.07, 6.45) is -3.46. The van der Waals surface area contributed by atoms with E-state index in [1.54, 1.807) is 19.9 Å². The number of amides is 2. The van der Waals surface area contributed by atoms with Gasteiger partial charge < -0.3 is 10.2 Å². The van der Waals surface area contributed by atoms with Crippen LogP contribution in [0.25, 0.3) is 0 Å². The van der Waals surface area contributed by atoms with E-state index in [4.69, 9.17) is 0 Å². The van der Waals surface area contributed by atoms with E-state index in [1.807, 2.05) is 0 Å². The monoisotopic (exact) mass is 340 g/mol. The number of hydrogen-bond acceptors (Lipinski definition) is 2. The average molecular weight is 340 g/mol. The Morgan fingerprint density at radius 3 is 2.67 bits per heavy atom. The highest BCUT2D eigenvalue weighted by molar-refractivity contribution is 6.07. The van der Waals surface area contributed by atoms with Crippen LogP contribution in [-0.2, 0) is 10.2 Å². The van der Waals surface area contributed by atoms with Crippen molar-refractivity contribution in [3.63, 3.8) is 0 Å². The molecule has 2 aliphatic rings. The third-order valence-electron chi connectivity index (χ3n) is 4.90. The lowest BCUT2D eigenvalue weighted by atomic mass is 9.85. The van der Waals surface area contributed by atoms with Gasteiger partial charge in [0.2, 0.25) is 5.91 Å². The molecule has 1 atom stereocenters. The van der Waals surface area contributed by atoms with Crippen LogP contribution < -0.4 is 5.32 Å². The van der Waals surface area contributed by atoms with Crippen molar-refractivity contribution in [3.8, 4) is 0 Å². The number of rotatable bonds is 1. The van der Waals surface area contributed by atoms with Gasteiger partial charge in [-0.1, -0.05) is 0 Å². The third-order valence-corrected chi connectivity index (χ3v) is 4.90. The van der Waals surface area contributed by atoms with Crippen molar-refractivity contribution in [2.24, 2.45) is 0 Å². The molecule has 0 saturated carbocycles. The first kappa shape index (κ1) is 16.8. The van der Waals surface area contributed by atoms with Crippen LogP contribution >= 0.6 is 0 Å². The maximum absolute atomic E-state index is 13.2. The van der Waals surface area contributed by atoms with Crippen molar-refractivity contribution in [3.05, 3.63) is 29.3 Å². The summed E-state index contributed by atoms with van der Waals surface area (Å²) in [6, 6.07) is 2.87. The SMILES string of the molecule is CC1(C)C(=O)Nc2ccc(C(=O)N3CCCC[C@H]3C(F)(F)F)cc21. The van der Waals surface area contributed by atoms with Crippen molar-refractivity contribution in [2.75, 3.05) is 11.9 Å². The molecule has 1 aromatic carbocycles. The molecule has 24 heavy (non-hydrogen) atoms. The van der Waals surface area contributed by atoms with Crippen LogP contribution in [0.1, 0.15) is 49.0 Å². The van der Waals surface area contributed by atoms with Gasteiger partial charge >= 0.3 is 6.18 Å². The van der Waals surface area contributed by atoms with E-state index in [0.29, 0.717) is 24.1 Å². The minimum atomic E-state index is -4.43. The number of anilines is 1. The summed E-state index contributed by atoms with van der Waals surface area (Å²) in [5.41, 5.74) is 0.623. The molecule has 2 amide bonds. The van der Waals surface area contributed by atoms with E-state index in [-0.39, 0.29) is 24.4 Å².